The summed E-state index contributed by atoms with van der Waals surface area (Å²) in [6.45, 7) is -0.666. The molecule has 0 aliphatic heterocycles. The Morgan fingerprint density at radius 2 is 1.88 bits per heavy atom. The van der Waals surface area contributed by atoms with Crippen LogP contribution in [0.3, 0.4) is 0 Å². The zero-order valence-electron chi connectivity index (χ0n) is 13.6. The zero-order valence-corrected chi connectivity index (χ0v) is 13.6. The zero-order chi connectivity index (χ0) is 18.8. The van der Waals surface area contributed by atoms with Crippen molar-refractivity contribution in [1.82, 2.24) is 19.9 Å². The van der Waals surface area contributed by atoms with Crippen molar-refractivity contribution in [2.45, 2.75) is 0 Å². The first kappa shape index (κ1) is 17.1. The number of hydrogen-bond donors (Lipinski definition) is 3. The number of hydrogen-bond acceptors (Lipinski definition) is 6. The first-order chi connectivity index (χ1) is 12.4. The highest BCUT2D eigenvalue weighted by molar-refractivity contribution is 6.03. The lowest BCUT2D eigenvalue weighted by Crippen LogP contribution is -2.35. The van der Waals surface area contributed by atoms with Gasteiger partial charge in [0.25, 0.3) is 11.5 Å². The van der Waals surface area contributed by atoms with Crippen molar-refractivity contribution >= 4 is 22.8 Å². The van der Waals surface area contributed by atoms with E-state index in [-0.39, 0.29) is 5.39 Å². The van der Waals surface area contributed by atoms with Crippen LogP contribution in [0.2, 0.25) is 0 Å². The van der Waals surface area contributed by atoms with Crippen molar-refractivity contribution in [3.05, 3.63) is 52.8 Å². The number of carboxylic acid groups (broad SMARTS) is 1. The molecule has 3 N–H and O–H groups in total. The Labute approximate surface area is 146 Å². The normalized spacial score (nSPS) is 10.7. The maximum atomic E-state index is 12.4. The fraction of sp³-hybridized carbons (Fsp3) is 0.118. The highest BCUT2D eigenvalue weighted by Gasteiger charge is 2.21. The summed E-state index contributed by atoms with van der Waals surface area (Å²) in [5.41, 5.74) is 0.558. The second kappa shape index (κ2) is 6.63. The number of nitrogens with one attached hydrogen (secondary N) is 1. The van der Waals surface area contributed by atoms with Gasteiger partial charge in [-0.2, -0.15) is 0 Å². The quantitative estimate of drug-likeness (QED) is 0.621. The lowest BCUT2D eigenvalue weighted by atomic mass is 10.0. The molecule has 9 nitrogen and oxygen atoms in total. The number of carbonyl (C=O) groups is 2. The van der Waals surface area contributed by atoms with Crippen LogP contribution in [-0.4, -0.2) is 43.2 Å². The number of fused-ring (bicyclic) bond motifs is 1. The first-order valence-electron chi connectivity index (χ1n) is 7.51. The van der Waals surface area contributed by atoms with Crippen LogP contribution in [0.1, 0.15) is 10.4 Å². The Bertz CT molecular complexity index is 1080. The lowest BCUT2D eigenvalue weighted by molar-refractivity contribution is -0.135. The molecular weight excluding hydrogens is 340 g/mol. The maximum Gasteiger partial charge on any atom is 0.322 e. The van der Waals surface area contributed by atoms with Gasteiger partial charge in [-0.3, -0.25) is 14.4 Å². The van der Waals surface area contributed by atoms with E-state index in [0.29, 0.717) is 16.6 Å². The maximum absolute atomic E-state index is 12.4. The minimum absolute atomic E-state index is 0.272. The molecule has 0 saturated heterocycles. The molecule has 9 heteroatoms. The van der Waals surface area contributed by atoms with Crippen molar-refractivity contribution in [1.29, 1.82) is 0 Å². The molecule has 0 bridgehead atoms. The van der Waals surface area contributed by atoms with E-state index < -0.39 is 35.3 Å². The van der Waals surface area contributed by atoms with Crippen LogP contribution < -0.4 is 10.9 Å². The second-order valence-corrected chi connectivity index (χ2v) is 5.52. The Morgan fingerprint density at radius 1 is 1.19 bits per heavy atom. The van der Waals surface area contributed by atoms with E-state index in [2.05, 4.69) is 15.3 Å². The smallest absolute Gasteiger partial charge is 0.322 e. The molecule has 2 heterocycles. The van der Waals surface area contributed by atoms with Crippen molar-refractivity contribution in [3.63, 3.8) is 0 Å². The third-order valence-corrected chi connectivity index (χ3v) is 3.89. The molecule has 132 valence electrons. The predicted octanol–water partition coefficient (Wildman–Crippen LogP) is 0.515. The second-order valence-electron chi connectivity index (χ2n) is 5.52. The van der Waals surface area contributed by atoms with Gasteiger partial charge in [0.1, 0.15) is 24.2 Å². The number of carbonyl (C=O) groups excluding carboxylic acids is 1. The number of aryl methyl sites for hydroxylation is 1. The molecule has 0 aliphatic carbocycles. The SMILES string of the molecule is Cn1c(=O)c(C(=O)NCC(=O)O)c(O)c2cc(-c3cncnc3)ccc21. The molecule has 0 aliphatic rings. The summed E-state index contributed by atoms with van der Waals surface area (Å²) in [4.78, 5) is 43.1. The van der Waals surface area contributed by atoms with Crippen LogP contribution in [0, 0.1) is 0 Å². The van der Waals surface area contributed by atoms with Crippen LogP contribution in [0.4, 0.5) is 0 Å². The molecule has 0 fully saturated rings. The standard InChI is InChI=1S/C17H14N4O5/c1-21-12-3-2-9(10-5-18-8-19-6-10)4-11(12)15(24)14(17(21)26)16(25)20-7-13(22)23/h2-6,8,24H,7H2,1H3,(H,20,25)(H,22,23). The predicted molar refractivity (Wildman–Crippen MR) is 91.8 cm³/mol. The van der Waals surface area contributed by atoms with E-state index >= 15 is 0 Å². The molecule has 1 aromatic carbocycles. The number of amides is 1. The summed E-state index contributed by atoms with van der Waals surface area (Å²) in [5.74, 6) is -2.73. The summed E-state index contributed by atoms with van der Waals surface area (Å²) in [5, 5.41) is 21.5. The highest BCUT2D eigenvalue weighted by atomic mass is 16.4. The minimum atomic E-state index is -1.26. The van der Waals surface area contributed by atoms with Gasteiger partial charge in [-0.25, -0.2) is 9.97 Å². The van der Waals surface area contributed by atoms with Gasteiger partial charge in [0.2, 0.25) is 0 Å². The van der Waals surface area contributed by atoms with Gasteiger partial charge in [-0.05, 0) is 17.7 Å². The Balaban J connectivity index is 2.19. The molecule has 3 aromatic rings. The first-order valence-corrected chi connectivity index (χ1v) is 7.51. The van der Waals surface area contributed by atoms with Gasteiger partial charge < -0.3 is 20.1 Å². The lowest BCUT2D eigenvalue weighted by Gasteiger charge is -2.12. The number of nitrogens with zero attached hydrogens (tertiary/aromatic N) is 3. The van der Waals surface area contributed by atoms with Crippen LogP contribution in [0.5, 0.6) is 5.75 Å². The molecule has 26 heavy (non-hydrogen) atoms. The van der Waals surface area contributed by atoms with E-state index in [1.807, 2.05) is 0 Å². The molecule has 2 aromatic heterocycles. The molecule has 0 unspecified atom stereocenters. The molecule has 0 radical (unpaired) electrons. The van der Waals surface area contributed by atoms with Gasteiger partial charge in [0.15, 0.2) is 0 Å². The van der Waals surface area contributed by atoms with Crippen LogP contribution in [0.25, 0.3) is 22.0 Å². The number of rotatable bonds is 4. The van der Waals surface area contributed by atoms with Crippen molar-refractivity contribution in [2.75, 3.05) is 6.54 Å². The van der Waals surface area contributed by atoms with Crippen LogP contribution in [-0.2, 0) is 11.8 Å². The summed E-state index contributed by atoms with van der Waals surface area (Å²) >= 11 is 0. The average molecular weight is 354 g/mol. The summed E-state index contributed by atoms with van der Waals surface area (Å²) < 4.78 is 1.22. The Kier molecular flexibility index (Phi) is 4.36. The van der Waals surface area contributed by atoms with Crippen LogP contribution in [0.15, 0.2) is 41.7 Å². The number of aromatic nitrogens is 3. The van der Waals surface area contributed by atoms with E-state index in [1.54, 1.807) is 30.6 Å². The highest BCUT2D eigenvalue weighted by Crippen LogP contribution is 2.30. The van der Waals surface area contributed by atoms with Crippen molar-refractivity contribution in [2.24, 2.45) is 7.05 Å². The van der Waals surface area contributed by atoms with E-state index in [0.717, 1.165) is 0 Å². The summed E-state index contributed by atoms with van der Waals surface area (Å²) in [6.07, 6.45) is 4.57. The largest absolute Gasteiger partial charge is 0.506 e. The van der Waals surface area contributed by atoms with Gasteiger partial charge >= 0.3 is 5.97 Å². The third-order valence-electron chi connectivity index (χ3n) is 3.89. The number of aliphatic carboxylic acids is 1. The monoisotopic (exact) mass is 354 g/mol. The fourth-order valence-electron chi connectivity index (χ4n) is 2.61. The molecule has 1 amide bonds. The Morgan fingerprint density at radius 3 is 2.54 bits per heavy atom. The molecule has 0 atom stereocenters. The number of aromatic hydroxyl groups is 1. The van der Waals surface area contributed by atoms with Gasteiger partial charge in [-0.15, -0.1) is 0 Å². The van der Waals surface area contributed by atoms with Crippen molar-refractivity contribution in [3.8, 4) is 16.9 Å². The van der Waals surface area contributed by atoms with Crippen molar-refractivity contribution < 1.29 is 19.8 Å². The summed E-state index contributed by atoms with van der Waals surface area (Å²) in [6, 6.07) is 4.98. The van der Waals surface area contributed by atoms with Crippen LogP contribution >= 0.6 is 0 Å². The van der Waals surface area contributed by atoms with E-state index in [1.165, 1.54) is 17.9 Å². The number of benzene rings is 1. The third kappa shape index (κ3) is 2.97. The van der Waals surface area contributed by atoms with E-state index in [4.69, 9.17) is 5.11 Å². The molecule has 0 spiro atoms. The van der Waals surface area contributed by atoms with Gasteiger partial charge in [-0.1, -0.05) is 6.07 Å². The fourth-order valence-corrected chi connectivity index (χ4v) is 2.61. The number of pyridine rings is 1. The number of carboxylic acids is 1. The van der Waals surface area contributed by atoms with Gasteiger partial charge in [0.05, 0.1) is 5.52 Å². The Hall–Kier alpha value is -3.75. The molecule has 3 rings (SSSR count). The molecule has 0 saturated carbocycles. The topological polar surface area (TPSA) is 134 Å². The minimum Gasteiger partial charge on any atom is -0.506 e. The average Bonchev–Trinajstić information content (AvgIpc) is 2.65. The molecular formula is C17H14N4O5. The van der Waals surface area contributed by atoms with E-state index in [9.17, 15) is 19.5 Å². The summed E-state index contributed by atoms with van der Waals surface area (Å²) in [7, 11) is 1.46. The van der Waals surface area contributed by atoms with Gasteiger partial charge in [0, 0.05) is 30.4 Å².